The lowest BCUT2D eigenvalue weighted by Crippen LogP contribution is -2.29. The number of nitrogens with one attached hydrogen (secondary N) is 1. The van der Waals surface area contributed by atoms with Crippen molar-refractivity contribution in [3.8, 4) is 0 Å². The van der Waals surface area contributed by atoms with Crippen LogP contribution in [0.1, 0.15) is 27.6 Å². The molecule has 0 unspecified atom stereocenters. The number of nitrogens with zero attached hydrogens (tertiary/aromatic N) is 1. The molecule has 110 valence electrons. The van der Waals surface area contributed by atoms with Crippen LogP contribution in [0.3, 0.4) is 0 Å². The molecule has 3 amide bonds. The van der Waals surface area contributed by atoms with Crippen molar-refractivity contribution < 1.29 is 18.8 Å². The Morgan fingerprint density at radius 2 is 1.64 bits per heavy atom. The summed E-state index contributed by atoms with van der Waals surface area (Å²) in [5.41, 5.74) is 0.698. The van der Waals surface area contributed by atoms with Crippen LogP contribution < -0.4 is 10.2 Å². The molecule has 0 aromatic heterocycles. The second kappa shape index (κ2) is 5.07. The Hall–Kier alpha value is -3.02. The minimum atomic E-state index is -0.718. The Kier molecular flexibility index (Phi) is 3.21. The van der Waals surface area contributed by atoms with Crippen molar-refractivity contribution in [1.29, 1.82) is 0 Å². The van der Waals surface area contributed by atoms with Crippen molar-refractivity contribution in [1.82, 2.24) is 0 Å². The Labute approximate surface area is 125 Å². The summed E-state index contributed by atoms with van der Waals surface area (Å²) >= 11 is 0. The summed E-state index contributed by atoms with van der Waals surface area (Å²) in [7, 11) is 0. The van der Waals surface area contributed by atoms with Crippen LogP contribution in [0.5, 0.6) is 0 Å². The molecule has 0 saturated carbocycles. The monoisotopic (exact) mass is 298 g/mol. The fourth-order valence-corrected chi connectivity index (χ4v) is 2.36. The average Bonchev–Trinajstić information content (AvgIpc) is 2.73. The molecule has 3 rings (SSSR count). The molecular formula is C16H11FN2O3. The van der Waals surface area contributed by atoms with E-state index in [-0.39, 0.29) is 11.4 Å². The molecule has 22 heavy (non-hydrogen) atoms. The second-order valence-electron chi connectivity index (χ2n) is 4.84. The fraction of sp³-hybridized carbons (Fsp3) is 0.0625. The van der Waals surface area contributed by atoms with Crippen LogP contribution in [0, 0.1) is 5.82 Å². The average molecular weight is 298 g/mol. The number of carbonyl (C=O) groups is 3. The van der Waals surface area contributed by atoms with Gasteiger partial charge in [0.25, 0.3) is 11.8 Å². The number of hydrogen-bond donors (Lipinski definition) is 1. The van der Waals surface area contributed by atoms with E-state index in [0.29, 0.717) is 11.1 Å². The maximum atomic E-state index is 14.0. The van der Waals surface area contributed by atoms with Gasteiger partial charge in [-0.05, 0) is 24.3 Å². The zero-order chi connectivity index (χ0) is 15.9. The first kappa shape index (κ1) is 13.9. The molecule has 1 aliphatic rings. The van der Waals surface area contributed by atoms with Crippen LogP contribution in [-0.4, -0.2) is 17.7 Å². The van der Waals surface area contributed by atoms with E-state index in [2.05, 4.69) is 5.32 Å². The number of anilines is 2. The Morgan fingerprint density at radius 3 is 2.14 bits per heavy atom. The van der Waals surface area contributed by atoms with Gasteiger partial charge in [0.05, 0.1) is 22.5 Å². The minimum absolute atomic E-state index is 0.00661. The predicted octanol–water partition coefficient (Wildman–Crippen LogP) is 2.58. The van der Waals surface area contributed by atoms with E-state index in [1.54, 1.807) is 24.3 Å². The summed E-state index contributed by atoms with van der Waals surface area (Å²) in [6.45, 7) is 1.26. The molecule has 1 N–H and O–H groups in total. The number of halogens is 1. The van der Waals surface area contributed by atoms with Gasteiger partial charge in [-0.15, -0.1) is 0 Å². The molecule has 1 heterocycles. The van der Waals surface area contributed by atoms with Crippen molar-refractivity contribution in [3.05, 3.63) is 59.4 Å². The number of benzene rings is 2. The van der Waals surface area contributed by atoms with Crippen LogP contribution in [0.15, 0.2) is 42.5 Å². The lowest BCUT2D eigenvalue weighted by atomic mass is 10.1. The highest BCUT2D eigenvalue weighted by Gasteiger charge is 2.36. The van der Waals surface area contributed by atoms with Gasteiger partial charge in [0, 0.05) is 13.0 Å². The smallest absolute Gasteiger partial charge is 0.266 e. The number of hydrogen-bond acceptors (Lipinski definition) is 3. The third kappa shape index (κ3) is 2.14. The topological polar surface area (TPSA) is 66.5 Å². The van der Waals surface area contributed by atoms with Gasteiger partial charge in [0.2, 0.25) is 5.91 Å². The third-order valence-corrected chi connectivity index (χ3v) is 3.32. The Balaban J connectivity index is 2.00. The van der Waals surface area contributed by atoms with Gasteiger partial charge in [0.1, 0.15) is 5.82 Å². The molecule has 6 heteroatoms. The SMILES string of the molecule is CC(=O)Nc1ccc(N2C(=O)c3ccccc3C2=O)cc1F. The van der Waals surface area contributed by atoms with Gasteiger partial charge < -0.3 is 5.32 Å². The Morgan fingerprint density at radius 1 is 1.05 bits per heavy atom. The molecule has 0 spiro atoms. The van der Waals surface area contributed by atoms with E-state index in [1.807, 2.05) is 0 Å². The van der Waals surface area contributed by atoms with E-state index in [9.17, 15) is 18.8 Å². The molecule has 5 nitrogen and oxygen atoms in total. The quantitative estimate of drug-likeness (QED) is 0.867. The highest BCUT2D eigenvalue weighted by Crippen LogP contribution is 2.30. The molecule has 0 aliphatic carbocycles. The molecule has 2 aromatic carbocycles. The molecule has 2 aromatic rings. The van der Waals surface area contributed by atoms with Gasteiger partial charge in [-0.25, -0.2) is 9.29 Å². The first-order valence-electron chi connectivity index (χ1n) is 6.54. The van der Waals surface area contributed by atoms with Crippen molar-refractivity contribution in [3.63, 3.8) is 0 Å². The van der Waals surface area contributed by atoms with Gasteiger partial charge in [0.15, 0.2) is 0 Å². The number of imide groups is 1. The predicted molar refractivity (Wildman–Crippen MR) is 78.3 cm³/mol. The van der Waals surface area contributed by atoms with E-state index in [1.165, 1.54) is 19.1 Å². The standard InChI is InChI=1S/C16H11FN2O3/c1-9(20)18-14-7-6-10(8-13(14)17)19-15(21)11-4-2-3-5-12(11)16(19)22/h2-8H,1H3,(H,18,20). The summed E-state index contributed by atoms with van der Waals surface area (Å²) in [5.74, 6) is -2.11. The number of rotatable bonds is 2. The molecule has 0 bridgehead atoms. The van der Waals surface area contributed by atoms with Crippen molar-refractivity contribution in [2.75, 3.05) is 10.2 Å². The second-order valence-corrected chi connectivity index (χ2v) is 4.84. The normalized spacial score (nSPS) is 13.3. The zero-order valence-corrected chi connectivity index (χ0v) is 11.6. The summed E-state index contributed by atoms with van der Waals surface area (Å²) in [6.07, 6.45) is 0. The lowest BCUT2D eigenvalue weighted by Gasteiger charge is -2.15. The maximum absolute atomic E-state index is 14.0. The highest BCUT2D eigenvalue weighted by atomic mass is 19.1. The van der Waals surface area contributed by atoms with Crippen LogP contribution >= 0.6 is 0 Å². The van der Waals surface area contributed by atoms with Crippen molar-refractivity contribution in [2.45, 2.75) is 6.92 Å². The molecular weight excluding hydrogens is 287 g/mol. The van der Waals surface area contributed by atoms with Gasteiger partial charge in [-0.2, -0.15) is 0 Å². The summed E-state index contributed by atoms with van der Waals surface area (Å²) in [5, 5.41) is 2.33. The van der Waals surface area contributed by atoms with Gasteiger partial charge >= 0.3 is 0 Å². The fourth-order valence-electron chi connectivity index (χ4n) is 2.36. The molecule has 0 radical (unpaired) electrons. The van der Waals surface area contributed by atoms with E-state index in [0.717, 1.165) is 11.0 Å². The molecule has 0 fully saturated rings. The van der Waals surface area contributed by atoms with E-state index >= 15 is 0 Å². The molecule has 0 saturated heterocycles. The zero-order valence-electron chi connectivity index (χ0n) is 11.6. The molecule has 0 atom stereocenters. The van der Waals surface area contributed by atoms with Gasteiger partial charge in [-0.1, -0.05) is 12.1 Å². The minimum Gasteiger partial charge on any atom is -0.324 e. The van der Waals surface area contributed by atoms with E-state index < -0.39 is 23.5 Å². The van der Waals surface area contributed by atoms with Crippen LogP contribution in [0.4, 0.5) is 15.8 Å². The Bertz CT molecular complexity index is 782. The summed E-state index contributed by atoms with van der Waals surface area (Å²) in [4.78, 5) is 36.5. The van der Waals surface area contributed by atoms with Crippen LogP contribution in [0.25, 0.3) is 0 Å². The number of fused-ring (bicyclic) bond motifs is 1. The van der Waals surface area contributed by atoms with Crippen molar-refractivity contribution >= 4 is 29.1 Å². The van der Waals surface area contributed by atoms with Crippen molar-refractivity contribution in [2.24, 2.45) is 0 Å². The summed E-state index contributed by atoms with van der Waals surface area (Å²) in [6, 6.07) is 10.2. The largest absolute Gasteiger partial charge is 0.324 e. The lowest BCUT2D eigenvalue weighted by molar-refractivity contribution is -0.114. The third-order valence-electron chi connectivity index (χ3n) is 3.32. The molecule has 1 aliphatic heterocycles. The van der Waals surface area contributed by atoms with Gasteiger partial charge in [-0.3, -0.25) is 14.4 Å². The first-order chi connectivity index (χ1) is 10.5. The van der Waals surface area contributed by atoms with Crippen LogP contribution in [-0.2, 0) is 4.79 Å². The number of carbonyl (C=O) groups excluding carboxylic acids is 3. The first-order valence-corrected chi connectivity index (χ1v) is 6.54. The number of amides is 3. The maximum Gasteiger partial charge on any atom is 0.266 e. The van der Waals surface area contributed by atoms with Crippen LogP contribution in [0.2, 0.25) is 0 Å². The highest BCUT2D eigenvalue weighted by molar-refractivity contribution is 6.34. The van der Waals surface area contributed by atoms with E-state index in [4.69, 9.17) is 0 Å². The summed E-state index contributed by atoms with van der Waals surface area (Å²) < 4.78 is 14.0.